The van der Waals surface area contributed by atoms with Gasteiger partial charge in [-0.2, -0.15) is 0 Å². The largest absolute Gasteiger partial charge is 0.477 e. The summed E-state index contributed by atoms with van der Waals surface area (Å²) in [6.07, 6.45) is 3.91. The highest BCUT2D eigenvalue weighted by Crippen LogP contribution is 2.26. The molecular weight excluding hydrogens is 220 g/mol. The van der Waals surface area contributed by atoms with Gasteiger partial charge in [-0.15, -0.1) is 0 Å². The molecular formula is C12H16N2O3. The van der Waals surface area contributed by atoms with Crippen LogP contribution >= 0.6 is 0 Å². The van der Waals surface area contributed by atoms with E-state index in [1.54, 1.807) is 12.3 Å². The zero-order chi connectivity index (χ0) is 12.3. The minimum Gasteiger partial charge on any atom is -0.477 e. The van der Waals surface area contributed by atoms with Crippen molar-refractivity contribution in [1.82, 2.24) is 4.98 Å². The van der Waals surface area contributed by atoms with Crippen LogP contribution in [0.15, 0.2) is 18.3 Å². The van der Waals surface area contributed by atoms with E-state index in [1.807, 2.05) is 6.92 Å². The van der Waals surface area contributed by atoms with Gasteiger partial charge in [-0.1, -0.05) is 0 Å². The van der Waals surface area contributed by atoms with Gasteiger partial charge >= 0.3 is 5.97 Å². The smallest absolute Gasteiger partial charge is 0.354 e. The van der Waals surface area contributed by atoms with Crippen molar-refractivity contribution in [2.75, 3.05) is 11.9 Å². The molecule has 1 aliphatic rings. The second-order valence-corrected chi connectivity index (χ2v) is 4.13. The van der Waals surface area contributed by atoms with Crippen LogP contribution in [0.3, 0.4) is 0 Å². The molecule has 0 aromatic carbocycles. The van der Waals surface area contributed by atoms with E-state index in [4.69, 9.17) is 9.84 Å². The molecule has 0 radical (unpaired) electrons. The molecule has 0 spiro atoms. The summed E-state index contributed by atoms with van der Waals surface area (Å²) in [5.74, 6) is -1.00. The molecule has 2 N–H and O–H groups in total. The molecule has 2 rings (SSSR count). The van der Waals surface area contributed by atoms with Crippen LogP contribution in [-0.4, -0.2) is 34.8 Å². The number of nitrogens with one attached hydrogen (secondary N) is 1. The minimum atomic E-state index is -1.00. The van der Waals surface area contributed by atoms with E-state index in [0.717, 1.165) is 25.1 Å². The second kappa shape index (κ2) is 5.14. The summed E-state index contributed by atoms with van der Waals surface area (Å²) in [5, 5.41) is 12.0. The third kappa shape index (κ3) is 2.94. The Hall–Kier alpha value is -1.62. The summed E-state index contributed by atoms with van der Waals surface area (Å²) < 4.78 is 5.46. The fraction of sp³-hybridized carbons (Fsp3) is 0.500. The second-order valence-electron chi connectivity index (χ2n) is 4.13. The molecule has 1 heterocycles. The molecule has 1 aliphatic carbocycles. The number of carboxylic acids is 1. The fourth-order valence-corrected chi connectivity index (χ4v) is 1.90. The van der Waals surface area contributed by atoms with E-state index >= 15 is 0 Å². The normalized spacial score (nSPS) is 22.9. The molecule has 17 heavy (non-hydrogen) atoms. The van der Waals surface area contributed by atoms with Crippen molar-refractivity contribution >= 4 is 11.7 Å². The lowest BCUT2D eigenvalue weighted by atomic mass is 9.89. The van der Waals surface area contributed by atoms with Crippen molar-refractivity contribution in [3.8, 4) is 0 Å². The lowest BCUT2D eigenvalue weighted by molar-refractivity contribution is 0.00299. The highest BCUT2D eigenvalue weighted by molar-refractivity contribution is 5.85. The number of pyridine rings is 1. The number of carbonyl (C=O) groups is 1. The quantitative estimate of drug-likeness (QED) is 0.815. The number of carboxylic acid groups (broad SMARTS) is 1. The molecule has 0 atom stereocenters. The molecule has 0 saturated heterocycles. The van der Waals surface area contributed by atoms with Crippen LogP contribution in [0.4, 0.5) is 5.69 Å². The van der Waals surface area contributed by atoms with Crippen molar-refractivity contribution < 1.29 is 14.6 Å². The maximum Gasteiger partial charge on any atom is 0.354 e. The van der Waals surface area contributed by atoms with Gasteiger partial charge < -0.3 is 15.2 Å². The minimum absolute atomic E-state index is 0.0661. The van der Waals surface area contributed by atoms with E-state index < -0.39 is 5.97 Å². The molecule has 0 bridgehead atoms. The van der Waals surface area contributed by atoms with E-state index in [-0.39, 0.29) is 5.69 Å². The molecule has 0 unspecified atom stereocenters. The fourth-order valence-electron chi connectivity index (χ4n) is 1.90. The van der Waals surface area contributed by atoms with Crippen LogP contribution in [0, 0.1) is 0 Å². The molecule has 5 nitrogen and oxygen atoms in total. The first kappa shape index (κ1) is 11.9. The first-order chi connectivity index (χ1) is 8.19. The Morgan fingerprint density at radius 2 is 2.35 bits per heavy atom. The Bertz CT molecular complexity index is 385. The van der Waals surface area contributed by atoms with Gasteiger partial charge in [0.05, 0.1) is 18.0 Å². The van der Waals surface area contributed by atoms with Crippen LogP contribution in [0.5, 0.6) is 0 Å². The molecule has 0 aliphatic heterocycles. The van der Waals surface area contributed by atoms with Gasteiger partial charge in [0, 0.05) is 12.6 Å². The Labute approximate surface area is 99.8 Å². The molecule has 92 valence electrons. The average Bonchev–Trinajstić information content (AvgIpc) is 2.27. The van der Waals surface area contributed by atoms with Gasteiger partial charge in [-0.05, 0) is 31.9 Å². The highest BCUT2D eigenvalue weighted by Gasteiger charge is 2.29. The maximum atomic E-state index is 10.6. The topological polar surface area (TPSA) is 71.5 Å². The number of aromatic carboxylic acids is 1. The standard InChI is InChI=1S/C12H16N2O3/c1-2-17-10-5-9(6-10)14-8-3-4-11(12(15)16)13-7-8/h3-4,7,9-10,14H,2,5-6H2,1H3,(H,15,16). The highest BCUT2D eigenvalue weighted by atomic mass is 16.5. The van der Waals surface area contributed by atoms with Gasteiger partial charge in [0.2, 0.25) is 0 Å². The van der Waals surface area contributed by atoms with Crippen molar-refractivity contribution in [3.05, 3.63) is 24.0 Å². The van der Waals surface area contributed by atoms with Crippen molar-refractivity contribution in [3.63, 3.8) is 0 Å². The summed E-state index contributed by atoms with van der Waals surface area (Å²) in [4.78, 5) is 14.5. The zero-order valence-electron chi connectivity index (χ0n) is 9.72. The molecule has 1 aromatic rings. The number of anilines is 1. The third-order valence-electron chi connectivity index (χ3n) is 2.85. The molecule has 0 amide bonds. The van der Waals surface area contributed by atoms with E-state index in [0.29, 0.717) is 12.1 Å². The van der Waals surface area contributed by atoms with Crippen molar-refractivity contribution in [2.24, 2.45) is 0 Å². The molecule has 1 fully saturated rings. The van der Waals surface area contributed by atoms with E-state index in [2.05, 4.69) is 10.3 Å². The SMILES string of the molecule is CCOC1CC(Nc2ccc(C(=O)O)nc2)C1. The van der Waals surface area contributed by atoms with Gasteiger partial charge in [-0.3, -0.25) is 0 Å². The number of nitrogens with zero attached hydrogens (tertiary/aromatic N) is 1. The number of hydrogen-bond donors (Lipinski definition) is 2. The molecule has 5 heteroatoms. The predicted molar refractivity (Wildman–Crippen MR) is 63.3 cm³/mol. The Morgan fingerprint density at radius 3 is 2.88 bits per heavy atom. The predicted octanol–water partition coefficient (Wildman–Crippen LogP) is 1.76. The molecule has 1 aromatic heterocycles. The van der Waals surface area contributed by atoms with Gasteiger partial charge in [-0.25, -0.2) is 9.78 Å². The van der Waals surface area contributed by atoms with Gasteiger partial charge in [0.25, 0.3) is 0 Å². The summed E-state index contributed by atoms with van der Waals surface area (Å²) in [6, 6.07) is 3.65. The number of rotatable bonds is 5. The maximum absolute atomic E-state index is 10.6. The van der Waals surface area contributed by atoms with Crippen molar-refractivity contribution in [1.29, 1.82) is 0 Å². The number of ether oxygens (including phenoxy) is 1. The lowest BCUT2D eigenvalue weighted by Crippen LogP contribution is -2.40. The third-order valence-corrected chi connectivity index (χ3v) is 2.85. The summed E-state index contributed by atoms with van der Waals surface area (Å²) in [6.45, 7) is 2.75. The summed E-state index contributed by atoms with van der Waals surface area (Å²) >= 11 is 0. The van der Waals surface area contributed by atoms with Crippen LogP contribution in [-0.2, 0) is 4.74 Å². The van der Waals surface area contributed by atoms with E-state index in [9.17, 15) is 4.79 Å². The van der Waals surface area contributed by atoms with Gasteiger partial charge in [0.15, 0.2) is 0 Å². The number of aromatic nitrogens is 1. The zero-order valence-corrected chi connectivity index (χ0v) is 9.72. The Balaban J connectivity index is 1.82. The van der Waals surface area contributed by atoms with Crippen LogP contribution in [0.25, 0.3) is 0 Å². The molecule has 1 saturated carbocycles. The first-order valence-corrected chi connectivity index (χ1v) is 5.76. The Morgan fingerprint density at radius 1 is 1.59 bits per heavy atom. The number of hydrogen-bond acceptors (Lipinski definition) is 4. The van der Waals surface area contributed by atoms with Crippen LogP contribution in [0.2, 0.25) is 0 Å². The summed E-state index contributed by atoms with van der Waals surface area (Å²) in [7, 11) is 0. The first-order valence-electron chi connectivity index (χ1n) is 5.76. The average molecular weight is 236 g/mol. The Kier molecular flexibility index (Phi) is 3.58. The van der Waals surface area contributed by atoms with Crippen molar-refractivity contribution in [2.45, 2.75) is 31.9 Å². The van der Waals surface area contributed by atoms with E-state index in [1.165, 1.54) is 6.07 Å². The summed E-state index contributed by atoms with van der Waals surface area (Å²) in [5.41, 5.74) is 0.923. The van der Waals surface area contributed by atoms with Gasteiger partial charge in [0.1, 0.15) is 5.69 Å². The van der Waals surface area contributed by atoms with Crippen LogP contribution < -0.4 is 5.32 Å². The van der Waals surface area contributed by atoms with Crippen LogP contribution in [0.1, 0.15) is 30.3 Å². The lowest BCUT2D eigenvalue weighted by Gasteiger charge is -2.35. The monoisotopic (exact) mass is 236 g/mol.